The van der Waals surface area contributed by atoms with Gasteiger partial charge in [-0.3, -0.25) is 4.79 Å². The van der Waals surface area contributed by atoms with Crippen LogP contribution < -0.4 is 0 Å². The Bertz CT molecular complexity index is 473. The summed E-state index contributed by atoms with van der Waals surface area (Å²) in [5.41, 5.74) is 2.85. The predicted molar refractivity (Wildman–Crippen MR) is 72.8 cm³/mol. The Morgan fingerprint density at radius 3 is 3.00 bits per heavy atom. The lowest BCUT2D eigenvalue weighted by atomic mass is 9.92. The molecular formula is C15H18ClNO. The van der Waals surface area contributed by atoms with Crippen LogP contribution in [0.4, 0.5) is 0 Å². The van der Waals surface area contributed by atoms with Gasteiger partial charge in [-0.25, -0.2) is 0 Å². The molecule has 1 saturated carbocycles. The Hall–Kier alpha value is -1.02. The van der Waals surface area contributed by atoms with Crippen LogP contribution in [0.1, 0.15) is 23.5 Å². The van der Waals surface area contributed by atoms with Gasteiger partial charge in [-0.15, -0.1) is 11.6 Å². The minimum Gasteiger partial charge on any atom is -0.344 e. The topological polar surface area (TPSA) is 20.3 Å². The Morgan fingerprint density at radius 2 is 2.22 bits per heavy atom. The fourth-order valence-electron chi connectivity index (χ4n) is 3.39. The molecule has 1 aromatic carbocycles. The molecule has 3 atom stereocenters. The number of carbonyl (C=O) groups excluding carboxylic acids is 1. The third kappa shape index (κ3) is 1.83. The number of alkyl halides is 1. The molecular weight excluding hydrogens is 246 g/mol. The summed E-state index contributed by atoms with van der Waals surface area (Å²) in [5, 5.41) is 0. The highest BCUT2D eigenvalue weighted by Crippen LogP contribution is 2.60. The third-order valence-corrected chi connectivity index (χ3v) is 4.58. The molecule has 3 heteroatoms. The van der Waals surface area contributed by atoms with Crippen molar-refractivity contribution in [1.29, 1.82) is 0 Å². The van der Waals surface area contributed by atoms with Gasteiger partial charge < -0.3 is 4.90 Å². The van der Waals surface area contributed by atoms with Crippen molar-refractivity contribution in [3.63, 3.8) is 0 Å². The summed E-state index contributed by atoms with van der Waals surface area (Å²) in [6.07, 6.45) is 2.28. The van der Waals surface area contributed by atoms with Crippen LogP contribution in [0.2, 0.25) is 0 Å². The van der Waals surface area contributed by atoms with Gasteiger partial charge in [0.05, 0.1) is 0 Å². The normalized spacial score (nSPS) is 28.2. The molecule has 0 N–H and O–H groups in total. The van der Waals surface area contributed by atoms with Crippen molar-refractivity contribution in [2.75, 3.05) is 19.5 Å². The fourth-order valence-corrected chi connectivity index (χ4v) is 3.65. The number of fused-ring (bicyclic) bond motifs is 3. The molecule has 0 aliphatic heterocycles. The second-order valence-corrected chi connectivity index (χ2v) is 5.78. The van der Waals surface area contributed by atoms with E-state index in [2.05, 4.69) is 24.3 Å². The van der Waals surface area contributed by atoms with Gasteiger partial charge in [-0.2, -0.15) is 0 Å². The smallest absolute Gasteiger partial charge is 0.226 e. The summed E-state index contributed by atoms with van der Waals surface area (Å²) in [5.74, 6) is 2.05. The molecule has 0 radical (unpaired) electrons. The van der Waals surface area contributed by atoms with Gasteiger partial charge in [-0.1, -0.05) is 24.3 Å². The van der Waals surface area contributed by atoms with Gasteiger partial charge in [0, 0.05) is 25.4 Å². The first kappa shape index (κ1) is 12.0. The van der Waals surface area contributed by atoms with Gasteiger partial charge in [0.1, 0.15) is 0 Å². The summed E-state index contributed by atoms with van der Waals surface area (Å²) < 4.78 is 0. The molecule has 2 aliphatic carbocycles. The lowest BCUT2D eigenvalue weighted by molar-refractivity contribution is -0.131. The number of hydrogen-bond acceptors (Lipinski definition) is 1. The van der Waals surface area contributed by atoms with Crippen molar-refractivity contribution < 1.29 is 4.79 Å². The highest BCUT2D eigenvalue weighted by atomic mass is 35.5. The monoisotopic (exact) mass is 263 g/mol. The Kier molecular flexibility index (Phi) is 3.06. The number of rotatable bonds is 3. The number of benzene rings is 1. The largest absolute Gasteiger partial charge is 0.344 e. The number of amides is 1. The summed E-state index contributed by atoms with van der Waals surface area (Å²) >= 11 is 5.71. The van der Waals surface area contributed by atoms with Crippen LogP contribution in [-0.4, -0.2) is 30.3 Å². The first-order valence-electron chi connectivity index (χ1n) is 6.62. The first-order valence-corrected chi connectivity index (χ1v) is 7.16. The molecule has 96 valence electrons. The Labute approximate surface area is 113 Å². The van der Waals surface area contributed by atoms with E-state index in [1.54, 1.807) is 4.90 Å². The number of carbonyl (C=O) groups is 1. The van der Waals surface area contributed by atoms with Crippen molar-refractivity contribution in [3.8, 4) is 0 Å². The second-order valence-electron chi connectivity index (χ2n) is 5.40. The van der Waals surface area contributed by atoms with E-state index >= 15 is 0 Å². The molecule has 0 spiro atoms. The summed E-state index contributed by atoms with van der Waals surface area (Å²) in [6, 6.07) is 8.58. The van der Waals surface area contributed by atoms with E-state index in [1.807, 2.05) is 7.05 Å². The van der Waals surface area contributed by atoms with E-state index < -0.39 is 0 Å². The lowest BCUT2D eigenvalue weighted by Gasteiger charge is -2.15. The summed E-state index contributed by atoms with van der Waals surface area (Å²) in [6.45, 7) is 0.651. The molecule has 0 bridgehead atoms. The number of hydrogen-bond donors (Lipinski definition) is 0. The van der Waals surface area contributed by atoms with Crippen molar-refractivity contribution in [3.05, 3.63) is 35.4 Å². The molecule has 1 fully saturated rings. The predicted octanol–water partition coefficient (Wildman–Crippen LogP) is 2.66. The number of nitrogens with zero attached hydrogens (tertiary/aromatic N) is 1. The molecule has 2 aliphatic rings. The maximum atomic E-state index is 12.3. The van der Waals surface area contributed by atoms with E-state index in [1.165, 1.54) is 11.1 Å². The van der Waals surface area contributed by atoms with Crippen molar-refractivity contribution in [2.45, 2.75) is 18.8 Å². The van der Waals surface area contributed by atoms with Gasteiger partial charge >= 0.3 is 0 Å². The molecule has 2 nitrogen and oxygen atoms in total. The highest BCUT2D eigenvalue weighted by Gasteiger charge is 2.57. The first-order chi connectivity index (χ1) is 8.74. The zero-order valence-electron chi connectivity index (χ0n) is 10.6. The molecule has 0 heterocycles. The maximum Gasteiger partial charge on any atom is 0.226 e. The molecule has 3 unspecified atom stereocenters. The molecule has 0 saturated heterocycles. The Balaban J connectivity index is 1.78. The van der Waals surface area contributed by atoms with Gasteiger partial charge in [0.15, 0.2) is 0 Å². The highest BCUT2D eigenvalue weighted by molar-refractivity contribution is 6.18. The average Bonchev–Trinajstić information content (AvgIpc) is 3.13. The van der Waals surface area contributed by atoms with Crippen molar-refractivity contribution in [1.82, 2.24) is 4.90 Å². The molecule has 18 heavy (non-hydrogen) atoms. The molecule has 0 aromatic heterocycles. The van der Waals surface area contributed by atoms with E-state index in [0.717, 1.165) is 12.8 Å². The zero-order valence-corrected chi connectivity index (χ0v) is 11.4. The van der Waals surface area contributed by atoms with Crippen LogP contribution in [0.15, 0.2) is 24.3 Å². The average molecular weight is 264 g/mol. The maximum absolute atomic E-state index is 12.3. The van der Waals surface area contributed by atoms with Crippen LogP contribution in [0.25, 0.3) is 0 Å². The minimum atomic E-state index is 0.210. The van der Waals surface area contributed by atoms with Crippen LogP contribution >= 0.6 is 11.6 Å². The molecule has 1 aromatic rings. The third-order valence-electron chi connectivity index (χ3n) is 4.41. The summed E-state index contributed by atoms with van der Waals surface area (Å²) in [4.78, 5) is 14.1. The van der Waals surface area contributed by atoms with Crippen LogP contribution in [0.5, 0.6) is 0 Å². The minimum absolute atomic E-state index is 0.210. The van der Waals surface area contributed by atoms with Gasteiger partial charge in [-0.05, 0) is 35.8 Å². The summed E-state index contributed by atoms with van der Waals surface area (Å²) in [7, 11) is 1.86. The quantitative estimate of drug-likeness (QED) is 0.768. The zero-order chi connectivity index (χ0) is 12.7. The Morgan fingerprint density at radius 1 is 1.44 bits per heavy atom. The van der Waals surface area contributed by atoms with E-state index in [4.69, 9.17) is 11.6 Å². The van der Waals surface area contributed by atoms with Crippen molar-refractivity contribution in [2.24, 2.45) is 11.8 Å². The van der Waals surface area contributed by atoms with Crippen LogP contribution in [0, 0.1) is 11.8 Å². The second kappa shape index (κ2) is 4.58. The SMILES string of the molecule is CN(CCCl)C(=O)C1C2CCc3ccccc3C21. The standard InChI is InChI=1S/C15H18ClNO/c1-17(9-8-16)15(18)14-12-7-6-10-4-2-3-5-11(10)13(12)14/h2-5,12-14H,6-9H2,1H3. The fraction of sp³-hybridized carbons (Fsp3) is 0.533. The molecule has 3 rings (SSSR count). The van der Waals surface area contributed by atoms with E-state index in [0.29, 0.717) is 24.3 Å². The van der Waals surface area contributed by atoms with E-state index in [9.17, 15) is 4.79 Å². The molecule has 1 amide bonds. The van der Waals surface area contributed by atoms with Crippen LogP contribution in [0.3, 0.4) is 0 Å². The van der Waals surface area contributed by atoms with E-state index in [-0.39, 0.29) is 11.8 Å². The van der Waals surface area contributed by atoms with Gasteiger partial charge in [0.25, 0.3) is 0 Å². The number of halogens is 1. The van der Waals surface area contributed by atoms with Crippen LogP contribution in [-0.2, 0) is 11.2 Å². The van der Waals surface area contributed by atoms with Gasteiger partial charge in [0.2, 0.25) is 5.91 Å². The van der Waals surface area contributed by atoms with Crippen molar-refractivity contribution >= 4 is 17.5 Å². The lowest BCUT2D eigenvalue weighted by Crippen LogP contribution is -2.30. The number of aryl methyl sites for hydroxylation is 1.